The van der Waals surface area contributed by atoms with Crippen LogP contribution in [0.25, 0.3) is 0 Å². The summed E-state index contributed by atoms with van der Waals surface area (Å²) in [6, 6.07) is 0. The highest BCUT2D eigenvalue weighted by molar-refractivity contribution is 5.77. The van der Waals surface area contributed by atoms with Crippen molar-refractivity contribution >= 4 is 11.9 Å². The summed E-state index contributed by atoms with van der Waals surface area (Å²) >= 11 is 0. The molecule has 0 spiro atoms. The fourth-order valence-corrected chi connectivity index (χ4v) is 4.01. The van der Waals surface area contributed by atoms with Crippen molar-refractivity contribution in [3.8, 4) is 0 Å². The van der Waals surface area contributed by atoms with Crippen molar-refractivity contribution in [1.29, 1.82) is 0 Å². The van der Waals surface area contributed by atoms with Gasteiger partial charge in [0, 0.05) is 6.42 Å². The summed E-state index contributed by atoms with van der Waals surface area (Å²) in [4.78, 5) is 23.7. The van der Waals surface area contributed by atoms with Crippen molar-refractivity contribution in [2.75, 3.05) is 0 Å². The normalized spacial score (nSPS) is 31.1. The van der Waals surface area contributed by atoms with Crippen LogP contribution in [-0.4, -0.2) is 17.5 Å². The molecule has 0 aromatic heterocycles. The monoisotopic (exact) mass is 293 g/mol. The van der Waals surface area contributed by atoms with Crippen LogP contribution in [0.3, 0.4) is 0 Å². The molecule has 118 valence electrons. The Morgan fingerprint density at radius 3 is 2.57 bits per heavy atom. The molecule has 1 fully saturated rings. The first-order chi connectivity index (χ1) is 9.65. The van der Waals surface area contributed by atoms with Crippen molar-refractivity contribution in [2.24, 2.45) is 23.0 Å². The van der Waals surface area contributed by atoms with Gasteiger partial charge in [0.2, 0.25) is 5.91 Å². The second kappa shape index (κ2) is 5.47. The lowest BCUT2D eigenvalue weighted by atomic mass is 9.52. The fourth-order valence-electron chi connectivity index (χ4n) is 4.01. The predicted molar refractivity (Wildman–Crippen MR) is 81.3 cm³/mol. The zero-order chi connectivity index (χ0) is 15.8. The second-order valence-corrected chi connectivity index (χ2v) is 7.64. The van der Waals surface area contributed by atoms with Crippen LogP contribution in [0.2, 0.25) is 0 Å². The largest absolute Gasteiger partial charge is 0.460 e. The average molecular weight is 293 g/mol. The average Bonchev–Trinajstić information content (AvgIpc) is 2.63. The number of primary amides is 1. The zero-order valence-corrected chi connectivity index (χ0v) is 13.6. The van der Waals surface area contributed by atoms with Crippen LogP contribution in [-0.2, 0) is 14.3 Å². The Hall–Kier alpha value is -1.32. The molecule has 0 saturated heterocycles. The molecule has 21 heavy (non-hydrogen) atoms. The number of esters is 1. The van der Waals surface area contributed by atoms with Gasteiger partial charge >= 0.3 is 5.97 Å². The Balaban J connectivity index is 2.11. The van der Waals surface area contributed by atoms with Gasteiger partial charge in [0.05, 0.1) is 6.42 Å². The van der Waals surface area contributed by atoms with Crippen LogP contribution >= 0.6 is 0 Å². The molecule has 0 aliphatic heterocycles. The van der Waals surface area contributed by atoms with Crippen molar-refractivity contribution in [2.45, 2.75) is 65.4 Å². The van der Waals surface area contributed by atoms with Crippen LogP contribution < -0.4 is 5.73 Å². The highest BCUT2D eigenvalue weighted by atomic mass is 16.6. The summed E-state index contributed by atoms with van der Waals surface area (Å²) < 4.78 is 5.44. The highest BCUT2D eigenvalue weighted by Gasteiger charge is 2.56. The molecule has 4 heteroatoms. The van der Waals surface area contributed by atoms with E-state index in [1.165, 1.54) is 5.57 Å². The van der Waals surface area contributed by atoms with Gasteiger partial charge in [-0.1, -0.05) is 18.6 Å². The minimum Gasteiger partial charge on any atom is -0.460 e. The molecule has 3 unspecified atom stereocenters. The Labute approximate surface area is 127 Å². The minimum atomic E-state index is -0.492. The Bertz CT molecular complexity index is 475. The summed E-state index contributed by atoms with van der Waals surface area (Å²) in [7, 11) is 0. The van der Waals surface area contributed by atoms with Crippen molar-refractivity contribution in [3.63, 3.8) is 0 Å². The van der Waals surface area contributed by atoms with Crippen LogP contribution in [0.15, 0.2) is 11.6 Å². The third-order valence-corrected chi connectivity index (χ3v) is 4.72. The lowest BCUT2D eigenvalue weighted by Crippen LogP contribution is -2.49. The van der Waals surface area contributed by atoms with Gasteiger partial charge in [0.1, 0.15) is 5.60 Å². The standard InChI is InChI=1S/C17H27NO3/c1-5-11-6-12-8-17(9-14(18)19,13(12)7-11)10-15(20)21-16(2,3)4/h7,12-13H,5-6,8-10H2,1-4H3,(H2,18,19). The van der Waals surface area contributed by atoms with Crippen molar-refractivity contribution < 1.29 is 14.3 Å². The third kappa shape index (κ3) is 3.47. The van der Waals surface area contributed by atoms with Gasteiger partial charge in [-0.05, 0) is 57.3 Å². The third-order valence-electron chi connectivity index (χ3n) is 4.72. The molecule has 2 aliphatic carbocycles. The number of carbonyl (C=O) groups excluding carboxylic acids is 2. The first-order valence-corrected chi connectivity index (χ1v) is 7.85. The second-order valence-electron chi connectivity index (χ2n) is 7.64. The van der Waals surface area contributed by atoms with E-state index in [4.69, 9.17) is 10.5 Å². The predicted octanol–water partition coefficient (Wildman–Crippen LogP) is 2.96. The topological polar surface area (TPSA) is 69.4 Å². The van der Waals surface area contributed by atoms with Gasteiger partial charge in [-0.15, -0.1) is 0 Å². The molecule has 0 radical (unpaired) electrons. The molecular weight excluding hydrogens is 266 g/mol. The minimum absolute atomic E-state index is 0.222. The number of rotatable bonds is 5. The van der Waals surface area contributed by atoms with Gasteiger partial charge in [0.15, 0.2) is 0 Å². The summed E-state index contributed by atoms with van der Waals surface area (Å²) in [5.74, 6) is 0.352. The quantitative estimate of drug-likeness (QED) is 0.626. The number of nitrogens with two attached hydrogens (primary N) is 1. The van der Waals surface area contributed by atoms with Crippen molar-refractivity contribution in [1.82, 2.24) is 0 Å². The molecule has 4 nitrogen and oxygen atoms in total. The molecule has 0 aromatic rings. The maximum Gasteiger partial charge on any atom is 0.306 e. The summed E-state index contributed by atoms with van der Waals surface area (Å²) in [6.07, 6.45) is 5.91. The molecule has 1 saturated carbocycles. The van der Waals surface area contributed by atoms with E-state index in [-0.39, 0.29) is 23.7 Å². The molecular formula is C17H27NO3. The number of fused-ring (bicyclic) bond motifs is 1. The van der Waals surface area contributed by atoms with Crippen LogP contribution in [0.1, 0.15) is 59.8 Å². The lowest BCUT2D eigenvalue weighted by Gasteiger charge is -2.51. The summed E-state index contributed by atoms with van der Waals surface area (Å²) in [5, 5.41) is 0. The number of hydrogen-bond donors (Lipinski definition) is 1. The van der Waals surface area contributed by atoms with Gasteiger partial charge in [-0.25, -0.2) is 0 Å². The maximum atomic E-state index is 12.2. The van der Waals surface area contributed by atoms with Crippen LogP contribution in [0.5, 0.6) is 0 Å². The summed E-state index contributed by atoms with van der Waals surface area (Å²) in [5.41, 5.74) is 6.07. The summed E-state index contributed by atoms with van der Waals surface area (Å²) in [6.45, 7) is 7.74. The maximum absolute atomic E-state index is 12.2. The van der Waals surface area contributed by atoms with Crippen LogP contribution in [0.4, 0.5) is 0 Å². The van der Waals surface area contributed by atoms with E-state index >= 15 is 0 Å². The van der Waals surface area contributed by atoms with E-state index in [2.05, 4.69) is 13.0 Å². The van der Waals surface area contributed by atoms with E-state index < -0.39 is 5.60 Å². The lowest BCUT2D eigenvalue weighted by molar-refractivity contribution is -0.163. The van der Waals surface area contributed by atoms with Gasteiger partial charge < -0.3 is 10.5 Å². The SMILES string of the molecule is CCC1=CC2C(C1)CC2(CC(N)=O)CC(=O)OC(C)(C)C. The molecule has 2 N–H and O–H groups in total. The molecule has 1 amide bonds. The first-order valence-electron chi connectivity index (χ1n) is 7.85. The molecule has 0 aromatic carbocycles. The molecule has 2 rings (SSSR count). The van der Waals surface area contributed by atoms with E-state index in [9.17, 15) is 9.59 Å². The number of allylic oxidation sites excluding steroid dienone is 2. The van der Waals surface area contributed by atoms with Crippen molar-refractivity contribution in [3.05, 3.63) is 11.6 Å². The van der Waals surface area contributed by atoms with E-state index in [0.717, 1.165) is 19.3 Å². The van der Waals surface area contributed by atoms with E-state index in [1.54, 1.807) is 0 Å². The molecule has 3 atom stereocenters. The fraction of sp³-hybridized carbons (Fsp3) is 0.765. The van der Waals surface area contributed by atoms with Gasteiger partial charge in [0.25, 0.3) is 0 Å². The van der Waals surface area contributed by atoms with E-state index in [1.807, 2.05) is 20.8 Å². The molecule has 2 aliphatic rings. The number of amides is 1. The number of carbonyl (C=O) groups is 2. The first kappa shape index (κ1) is 16.1. The molecule has 0 bridgehead atoms. The van der Waals surface area contributed by atoms with Crippen LogP contribution in [0, 0.1) is 17.3 Å². The molecule has 0 heterocycles. The Morgan fingerprint density at radius 2 is 2.05 bits per heavy atom. The smallest absolute Gasteiger partial charge is 0.306 e. The van der Waals surface area contributed by atoms with Gasteiger partial charge in [-0.3, -0.25) is 9.59 Å². The Morgan fingerprint density at radius 1 is 1.38 bits per heavy atom. The van der Waals surface area contributed by atoms with E-state index in [0.29, 0.717) is 18.3 Å². The van der Waals surface area contributed by atoms with Gasteiger partial charge in [-0.2, -0.15) is 0 Å². The number of hydrogen-bond acceptors (Lipinski definition) is 3. The number of ether oxygens (including phenoxy) is 1. The zero-order valence-electron chi connectivity index (χ0n) is 13.6. The highest BCUT2D eigenvalue weighted by Crippen LogP contribution is 2.61. The Kier molecular flexibility index (Phi) is 4.18.